The summed E-state index contributed by atoms with van der Waals surface area (Å²) in [5.41, 5.74) is 4.22. The minimum absolute atomic E-state index is 0.813. The highest BCUT2D eigenvalue weighted by atomic mass is 32.1. The number of aromatic nitrogens is 2. The zero-order chi connectivity index (χ0) is 14.5. The highest BCUT2D eigenvalue weighted by molar-refractivity contribution is 7.22. The lowest BCUT2D eigenvalue weighted by Gasteiger charge is -2.03. The van der Waals surface area contributed by atoms with E-state index in [1.54, 1.807) is 22.7 Å². The van der Waals surface area contributed by atoms with Crippen LogP contribution in [0.25, 0.3) is 20.3 Å². The molecule has 2 heterocycles. The average Bonchev–Trinajstić information content (AvgIpc) is 3.18. The molecule has 0 spiro atoms. The van der Waals surface area contributed by atoms with E-state index in [1.165, 1.54) is 10.4 Å². The highest BCUT2D eigenvalue weighted by Gasteiger charge is 2.14. The van der Waals surface area contributed by atoms with E-state index in [2.05, 4.69) is 41.5 Å². The third kappa shape index (κ3) is 3.37. The third-order valence-corrected chi connectivity index (χ3v) is 5.18. The first-order valence-corrected chi connectivity index (χ1v) is 8.72. The molecule has 0 fully saturated rings. The first kappa shape index (κ1) is 14.4. The molecule has 0 radical (unpaired) electrons. The van der Waals surface area contributed by atoms with Crippen molar-refractivity contribution in [2.75, 3.05) is 6.54 Å². The van der Waals surface area contributed by atoms with Crippen molar-refractivity contribution in [3.8, 4) is 20.3 Å². The molecule has 3 nitrogen and oxygen atoms in total. The van der Waals surface area contributed by atoms with Crippen LogP contribution in [-0.4, -0.2) is 16.5 Å². The molecule has 21 heavy (non-hydrogen) atoms. The molecule has 108 valence electrons. The second-order valence-electron chi connectivity index (χ2n) is 4.70. The van der Waals surface area contributed by atoms with Gasteiger partial charge in [0, 0.05) is 12.7 Å². The van der Waals surface area contributed by atoms with Crippen molar-refractivity contribution >= 4 is 22.7 Å². The third-order valence-electron chi connectivity index (χ3n) is 3.10. The maximum absolute atomic E-state index is 4.83. The fourth-order valence-electron chi connectivity index (χ4n) is 2.10. The summed E-state index contributed by atoms with van der Waals surface area (Å²) in [4.78, 5) is 11.4. The van der Waals surface area contributed by atoms with Crippen molar-refractivity contribution in [2.24, 2.45) is 0 Å². The molecular formula is C16H17N3S2. The van der Waals surface area contributed by atoms with Crippen LogP contribution in [0.1, 0.15) is 19.0 Å². The second-order valence-corrected chi connectivity index (χ2v) is 6.59. The number of benzene rings is 1. The van der Waals surface area contributed by atoms with Gasteiger partial charge in [-0.05, 0) is 18.5 Å². The molecule has 5 heteroatoms. The summed E-state index contributed by atoms with van der Waals surface area (Å²) in [6, 6.07) is 10.5. The van der Waals surface area contributed by atoms with E-state index in [0.29, 0.717) is 0 Å². The minimum atomic E-state index is 0.813. The summed E-state index contributed by atoms with van der Waals surface area (Å²) in [5, 5.41) is 4.51. The predicted octanol–water partition coefficient (Wildman–Crippen LogP) is 4.43. The van der Waals surface area contributed by atoms with Crippen LogP contribution in [0.15, 0.2) is 42.0 Å². The molecule has 3 rings (SSSR count). The molecule has 0 aliphatic carbocycles. The normalized spacial score (nSPS) is 10.9. The number of thiazole rings is 2. The smallest absolute Gasteiger partial charge is 0.135 e. The molecule has 0 amide bonds. The molecule has 0 unspecified atom stereocenters. The van der Waals surface area contributed by atoms with E-state index < -0.39 is 0 Å². The maximum Gasteiger partial charge on any atom is 0.135 e. The number of hydrogen-bond acceptors (Lipinski definition) is 5. The lowest BCUT2D eigenvalue weighted by Crippen LogP contribution is -2.14. The molecular weight excluding hydrogens is 298 g/mol. The van der Waals surface area contributed by atoms with E-state index in [0.717, 1.165) is 35.1 Å². The summed E-state index contributed by atoms with van der Waals surface area (Å²) in [6.45, 7) is 4.00. The number of hydrogen-bond donors (Lipinski definition) is 1. The summed E-state index contributed by atoms with van der Waals surface area (Å²) in [5.74, 6) is 0. The molecule has 3 aromatic rings. The molecule has 0 aliphatic rings. The Bertz CT molecular complexity index is 675. The molecule has 0 aliphatic heterocycles. The molecule has 0 saturated heterocycles. The zero-order valence-electron chi connectivity index (χ0n) is 11.9. The van der Waals surface area contributed by atoms with Crippen LogP contribution in [0.5, 0.6) is 0 Å². The van der Waals surface area contributed by atoms with Gasteiger partial charge >= 0.3 is 0 Å². The van der Waals surface area contributed by atoms with Crippen LogP contribution in [0.4, 0.5) is 0 Å². The van der Waals surface area contributed by atoms with Gasteiger partial charge in [0.15, 0.2) is 0 Å². The Kier molecular flexibility index (Phi) is 4.75. The molecule has 1 aromatic carbocycles. The Hall–Kier alpha value is -1.56. The first-order chi connectivity index (χ1) is 10.4. The van der Waals surface area contributed by atoms with Crippen LogP contribution in [-0.2, 0) is 6.54 Å². The van der Waals surface area contributed by atoms with Crippen molar-refractivity contribution in [3.05, 3.63) is 47.7 Å². The Morgan fingerprint density at radius 1 is 1.19 bits per heavy atom. The van der Waals surface area contributed by atoms with E-state index in [9.17, 15) is 0 Å². The first-order valence-electron chi connectivity index (χ1n) is 7.03. The lowest BCUT2D eigenvalue weighted by atomic mass is 10.1. The van der Waals surface area contributed by atoms with Gasteiger partial charge in [0.05, 0.1) is 21.0 Å². The number of nitrogens with one attached hydrogen (secondary N) is 1. The van der Waals surface area contributed by atoms with Gasteiger partial charge in [-0.25, -0.2) is 4.98 Å². The number of rotatable bonds is 6. The van der Waals surface area contributed by atoms with Gasteiger partial charge in [-0.2, -0.15) is 0 Å². The topological polar surface area (TPSA) is 37.8 Å². The summed E-state index contributed by atoms with van der Waals surface area (Å²) in [6.07, 6.45) is 3.02. The van der Waals surface area contributed by atoms with Crippen molar-refractivity contribution in [1.29, 1.82) is 0 Å². The van der Waals surface area contributed by atoms with E-state index in [-0.39, 0.29) is 0 Å². The molecule has 2 aromatic heterocycles. The number of nitrogens with zero attached hydrogens (tertiary/aromatic N) is 2. The van der Waals surface area contributed by atoms with E-state index >= 15 is 0 Å². The van der Waals surface area contributed by atoms with Crippen LogP contribution in [0.3, 0.4) is 0 Å². The maximum atomic E-state index is 4.83. The molecule has 1 N–H and O–H groups in total. The molecule has 0 atom stereocenters. The van der Waals surface area contributed by atoms with Crippen molar-refractivity contribution in [3.63, 3.8) is 0 Å². The Labute approximate surface area is 132 Å². The summed E-state index contributed by atoms with van der Waals surface area (Å²) < 4.78 is 0. The minimum Gasteiger partial charge on any atom is -0.311 e. The standard InChI is InChI=1S/C16H17N3S2/c1-2-8-17-9-13-15(12-6-4-3-5-7-12)21-16(19-13)14-10-18-11-20-14/h3-7,10-11,17H,2,8-9H2,1H3. The van der Waals surface area contributed by atoms with Gasteiger partial charge in [-0.15, -0.1) is 22.7 Å². The van der Waals surface area contributed by atoms with Crippen molar-refractivity contribution < 1.29 is 0 Å². The van der Waals surface area contributed by atoms with Gasteiger partial charge in [0.25, 0.3) is 0 Å². The summed E-state index contributed by atoms with van der Waals surface area (Å²) in [7, 11) is 0. The highest BCUT2D eigenvalue weighted by Crippen LogP contribution is 2.36. The fourth-order valence-corrected chi connectivity index (χ4v) is 3.86. The predicted molar refractivity (Wildman–Crippen MR) is 90.7 cm³/mol. The Morgan fingerprint density at radius 2 is 2.05 bits per heavy atom. The van der Waals surface area contributed by atoms with Gasteiger partial charge in [0.2, 0.25) is 0 Å². The SMILES string of the molecule is CCCNCc1nc(-c2cncs2)sc1-c1ccccc1. The lowest BCUT2D eigenvalue weighted by molar-refractivity contribution is 0.668. The van der Waals surface area contributed by atoms with Gasteiger partial charge in [-0.3, -0.25) is 4.98 Å². The largest absolute Gasteiger partial charge is 0.311 e. The van der Waals surface area contributed by atoms with E-state index in [1.807, 2.05) is 17.8 Å². The zero-order valence-corrected chi connectivity index (χ0v) is 13.5. The van der Waals surface area contributed by atoms with Crippen molar-refractivity contribution in [1.82, 2.24) is 15.3 Å². The fraction of sp³-hybridized carbons (Fsp3) is 0.250. The Morgan fingerprint density at radius 3 is 2.76 bits per heavy atom. The summed E-state index contributed by atoms with van der Waals surface area (Å²) >= 11 is 3.39. The van der Waals surface area contributed by atoms with Crippen LogP contribution in [0.2, 0.25) is 0 Å². The molecule has 0 bridgehead atoms. The monoisotopic (exact) mass is 315 g/mol. The Balaban J connectivity index is 1.96. The van der Waals surface area contributed by atoms with Gasteiger partial charge in [-0.1, -0.05) is 37.3 Å². The van der Waals surface area contributed by atoms with Crippen LogP contribution >= 0.6 is 22.7 Å². The molecule has 0 saturated carbocycles. The van der Waals surface area contributed by atoms with Crippen LogP contribution in [0, 0.1) is 0 Å². The second kappa shape index (κ2) is 6.93. The average molecular weight is 315 g/mol. The van der Waals surface area contributed by atoms with Crippen molar-refractivity contribution in [2.45, 2.75) is 19.9 Å². The van der Waals surface area contributed by atoms with Gasteiger partial charge in [0.1, 0.15) is 5.01 Å². The quantitative estimate of drug-likeness (QED) is 0.684. The van der Waals surface area contributed by atoms with Crippen LogP contribution < -0.4 is 5.32 Å². The van der Waals surface area contributed by atoms with Gasteiger partial charge < -0.3 is 5.32 Å². The van der Waals surface area contributed by atoms with E-state index in [4.69, 9.17) is 4.98 Å².